The number of hydrogen-bond acceptors (Lipinski definition) is 5. The third-order valence-electron chi connectivity index (χ3n) is 6.55. The van der Waals surface area contributed by atoms with Gasteiger partial charge in [-0.1, -0.05) is 30.3 Å². The summed E-state index contributed by atoms with van der Waals surface area (Å²) >= 11 is 1.44. The smallest absolute Gasteiger partial charge is 0.263 e. The molecule has 6 rings (SSSR count). The van der Waals surface area contributed by atoms with Gasteiger partial charge in [0, 0.05) is 17.6 Å². The number of carbonyl (C=O) groups excluding carboxylic acids is 1. The number of nitrogens with one attached hydrogen (secondary N) is 1. The Hall–Kier alpha value is -2.70. The molecule has 2 bridgehead atoms. The number of piperidine rings is 3. The van der Waals surface area contributed by atoms with E-state index in [2.05, 4.69) is 22.1 Å². The fourth-order valence-electron chi connectivity index (χ4n) is 4.71. The molecular formula is C25H27N3O2S. The van der Waals surface area contributed by atoms with Crippen LogP contribution in [0.15, 0.2) is 60.8 Å². The van der Waals surface area contributed by atoms with Crippen LogP contribution in [0.1, 0.15) is 35.0 Å². The van der Waals surface area contributed by atoms with Crippen LogP contribution in [-0.4, -0.2) is 41.0 Å². The molecule has 3 aliphatic heterocycles. The zero-order chi connectivity index (χ0) is 21.2. The van der Waals surface area contributed by atoms with Crippen molar-refractivity contribution in [2.45, 2.75) is 38.5 Å². The lowest BCUT2D eigenvalue weighted by Crippen LogP contribution is -2.62. The number of carbonyl (C=O) groups is 1. The fourth-order valence-corrected chi connectivity index (χ4v) is 5.54. The van der Waals surface area contributed by atoms with Gasteiger partial charge in [0.05, 0.1) is 6.20 Å². The Labute approximate surface area is 187 Å². The predicted octanol–water partition coefficient (Wildman–Crippen LogP) is 4.60. The molecule has 2 atom stereocenters. The van der Waals surface area contributed by atoms with Crippen LogP contribution in [0, 0.1) is 5.92 Å². The number of aromatic nitrogens is 1. The number of fused-ring (bicyclic) bond motifs is 3. The molecule has 0 aliphatic carbocycles. The zero-order valence-electron chi connectivity index (χ0n) is 17.7. The van der Waals surface area contributed by atoms with E-state index in [4.69, 9.17) is 4.74 Å². The average Bonchev–Trinajstić information content (AvgIpc) is 3.32. The van der Waals surface area contributed by atoms with E-state index in [1.807, 2.05) is 54.6 Å². The van der Waals surface area contributed by atoms with Gasteiger partial charge in [-0.3, -0.25) is 9.69 Å². The molecular weight excluding hydrogens is 406 g/mol. The lowest BCUT2D eigenvalue weighted by Gasteiger charge is -2.49. The molecule has 4 heterocycles. The van der Waals surface area contributed by atoms with Gasteiger partial charge in [-0.25, -0.2) is 4.98 Å². The Morgan fingerprint density at radius 3 is 2.58 bits per heavy atom. The van der Waals surface area contributed by atoms with E-state index in [1.54, 1.807) is 6.20 Å². The van der Waals surface area contributed by atoms with Crippen LogP contribution < -0.4 is 10.1 Å². The summed E-state index contributed by atoms with van der Waals surface area (Å²) in [6.45, 7) is 5.09. The minimum atomic E-state index is -0.00263. The molecule has 31 heavy (non-hydrogen) atoms. The number of nitrogens with zero attached hydrogens (tertiary/aromatic N) is 2. The molecule has 3 aliphatic rings. The topological polar surface area (TPSA) is 54.5 Å². The molecule has 0 spiro atoms. The molecule has 3 saturated heterocycles. The van der Waals surface area contributed by atoms with Crippen molar-refractivity contribution < 1.29 is 9.53 Å². The van der Waals surface area contributed by atoms with Gasteiger partial charge in [0.1, 0.15) is 22.2 Å². The van der Waals surface area contributed by atoms with Crippen molar-refractivity contribution in [3.05, 3.63) is 71.2 Å². The van der Waals surface area contributed by atoms with E-state index < -0.39 is 0 Å². The van der Waals surface area contributed by atoms with Gasteiger partial charge < -0.3 is 10.1 Å². The number of amides is 1. The second kappa shape index (κ2) is 8.81. The Bertz CT molecular complexity index is 1020. The molecule has 0 radical (unpaired) electrons. The number of thiazole rings is 1. The number of rotatable bonds is 6. The monoisotopic (exact) mass is 433 g/mol. The summed E-state index contributed by atoms with van der Waals surface area (Å²) in [7, 11) is 0. The van der Waals surface area contributed by atoms with E-state index >= 15 is 0 Å². The molecule has 1 N–H and O–H groups in total. The normalized spacial score (nSPS) is 24.7. The Kier molecular flexibility index (Phi) is 5.74. The van der Waals surface area contributed by atoms with Crippen molar-refractivity contribution in [1.29, 1.82) is 0 Å². The van der Waals surface area contributed by atoms with Crippen LogP contribution in [0.25, 0.3) is 10.6 Å². The van der Waals surface area contributed by atoms with E-state index in [-0.39, 0.29) is 11.9 Å². The SMILES string of the molecule is C[C@H]1[C@H](NC(=O)c2cnc(-c3ccc(OCc4ccccc4)cc3)s2)C2CCN1CC2. The van der Waals surface area contributed by atoms with Gasteiger partial charge >= 0.3 is 0 Å². The highest BCUT2D eigenvalue weighted by Gasteiger charge is 2.40. The van der Waals surface area contributed by atoms with Gasteiger partial charge in [0.15, 0.2) is 0 Å². The first-order valence-corrected chi connectivity index (χ1v) is 11.8. The van der Waals surface area contributed by atoms with Crippen LogP contribution in [0.3, 0.4) is 0 Å². The standard InChI is InChI=1S/C25H27N3O2S/c1-17-23(19-11-13-28(17)14-12-19)27-24(29)22-15-26-25(31-22)20-7-9-21(10-8-20)30-16-18-5-3-2-4-6-18/h2-10,15,17,19,23H,11-14,16H2,1H3,(H,27,29)/t17-,23-/m0/s1. The summed E-state index contributed by atoms with van der Waals surface area (Å²) in [4.78, 5) is 20.5. The highest BCUT2D eigenvalue weighted by molar-refractivity contribution is 7.16. The van der Waals surface area contributed by atoms with E-state index in [9.17, 15) is 4.79 Å². The molecule has 3 fully saturated rings. The zero-order valence-corrected chi connectivity index (χ0v) is 18.5. The van der Waals surface area contributed by atoms with Crippen molar-refractivity contribution >= 4 is 17.2 Å². The second-order valence-electron chi connectivity index (χ2n) is 8.44. The van der Waals surface area contributed by atoms with E-state index in [0.717, 1.165) is 35.0 Å². The van der Waals surface area contributed by atoms with Crippen LogP contribution in [0.5, 0.6) is 5.75 Å². The quantitative estimate of drug-likeness (QED) is 0.617. The van der Waals surface area contributed by atoms with Gasteiger partial charge in [0.2, 0.25) is 0 Å². The molecule has 6 heteroatoms. The molecule has 0 saturated carbocycles. The maximum atomic E-state index is 12.9. The van der Waals surface area contributed by atoms with Crippen molar-refractivity contribution in [1.82, 2.24) is 15.2 Å². The summed E-state index contributed by atoms with van der Waals surface area (Å²) in [6, 6.07) is 18.7. The van der Waals surface area contributed by atoms with Crippen LogP contribution >= 0.6 is 11.3 Å². The van der Waals surface area contributed by atoms with Crippen LogP contribution in [0.2, 0.25) is 0 Å². The third-order valence-corrected chi connectivity index (χ3v) is 7.60. The first-order valence-electron chi connectivity index (χ1n) is 11.0. The lowest BCUT2D eigenvalue weighted by atomic mass is 9.79. The van der Waals surface area contributed by atoms with Gasteiger partial charge in [-0.15, -0.1) is 11.3 Å². The number of benzene rings is 2. The molecule has 160 valence electrons. The number of ether oxygens (including phenoxy) is 1. The molecule has 1 amide bonds. The Morgan fingerprint density at radius 1 is 1.13 bits per heavy atom. The maximum absolute atomic E-state index is 12.9. The minimum Gasteiger partial charge on any atom is -0.489 e. The Morgan fingerprint density at radius 2 is 1.87 bits per heavy atom. The maximum Gasteiger partial charge on any atom is 0.263 e. The van der Waals surface area contributed by atoms with Gasteiger partial charge in [-0.05, 0) is 68.6 Å². The van der Waals surface area contributed by atoms with Crippen molar-refractivity contribution in [2.24, 2.45) is 5.92 Å². The highest BCUT2D eigenvalue weighted by Crippen LogP contribution is 2.33. The third kappa shape index (κ3) is 4.36. The van der Waals surface area contributed by atoms with E-state index in [1.165, 1.54) is 24.2 Å². The first-order chi connectivity index (χ1) is 15.2. The van der Waals surface area contributed by atoms with Crippen molar-refractivity contribution in [2.75, 3.05) is 13.1 Å². The van der Waals surface area contributed by atoms with E-state index in [0.29, 0.717) is 23.4 Å². The largest absolute Gasteiger partial charge is 0.489 e. The second-order valence-corrected chi connectivity index (χ2v) is 9.47. The van der Waals surface area contributed by atoms with Crippen LogP contribution in [0.4, 0.5) is 0 Å². The molecule has 0 unspecified atom stereocenters. The molecule has 2 aromatic carbocycles. The summed E-state index contributed by atoms with van der Waals surface area (Å²) < 4.78 is 5.86. The highest BCUT2D eigenvalue weighted by atomic mass is 32.1. The number of hydrogen-bond donors (Lipinski definition) is 1. The van der Waals surface area contributed by atoms with Gasteiger partial charge in [-0.2, -0.15) is 0 Å². The molecule has 3 aromatic rings. The summed E-state index contributed by atoms with van der Waals surface area (Å²) in [5, 5.41) is 4.14. The lowest BCUT2D eigenvalue weighted by molar-refractivity contribution is 0.0218. The van der Waals surface area contributed by atoms with Crippen molar-refractivity contribution in [3.8, 4) is 16.3 Å². The van der Waals surface area contributed by atoms with Gasteiger partial charge in [0.25, 0.3) is 5.91 Å². The minimum absolute atomic E-state index is 0.00263. The summed E-state index contributed by atoms with van der Waals surface area (Å²) in [6.07, 6.45) is 4.06. The molecule has 1 aromatic heterocycles. The molecule has 5 nitrogen and oxygen atoms in total. The first kappa shape index (κ1) is 20.2. The Balaban J connectivity index is 1.21. The fraction of sp³-hybridized carbons (Fsp3) is 0.360. The average molecular weight is 434 g/mol. The summed E-state index contributed by atoms with van der Waals surface area (Å²) in [5.41, 5.74) is 2.13. The van der Waals surface area contributed by atoms with Crippen LogP contribution in [-0.2, 0) is 6.61 Å². The summed E-state index contributed by atoms with van der Waals surface area (Å²) in [5.74, 6) is 1.41. The van der Waals surface area contributed by atoms with Crippen molar-refractivity contribution in [3.63, 3.8) is 0 Å². The predicted molar refractivity (Wildman–Crippen MR) is 123 cm³/mol.